The van der Waals surface area contributed by atoms with Gasteiger partial charge < -0.3 is 4.74 Å². The lowest BCUT2D eigenvalue weighted by Crippen LogP contribution is -2.10. The molecule has 1 aliphatic heterocycles. The average molecular weight is 178 g/mol. The van der Waals surface area contributed by atoms with Gasteiger partial charge in [-0.25, -0.2) is 0 Å². The van der Waals surface area contributed by atoms with Crippen molar-refractivity contribution in [3.05, 3.63) is 11.1 Å². The molecule has 1 saturated carbocycles. The van der Waals surface area contributed by atoms with Gasteiger partial charge in [-0.1, -0.05) is 0 Å². The fraction of sp³-hybridized carbons (Fsp3) is 0.727. The van der Waals surface area contributed by atoms with Crippen LogP contribution in [0.4, 0.5) is 0 Å². The Bertz CT molecular complexity index is 290. The van der Waals surface area contributed by atoms with Gasteiger partial charge >= 0.3 is 0 Å². The first-order valence-corrected chi connectivity index (χ1v) is 5.24. The third-order valence-electron chi connectivity index (χ3n) is 3.57. The lowest BCUT2D eigenvalue weighted by molar-refractivity contribution is -0.115. The number of hydrogen-bond acceptors (Lipinski definition) is 2. The number of rotatable bonds is 0. The van der Waals surface area contributed by atoms with Crippen LogP contribution in [0.5, 0.6) is 0 Å². The van der Waals surface area contributed by atoms with Crippen molar-refractivity contribution in [2.75, 3.05) is 6.61 Å². The Morgan fingerprint density at radius 1 is 1.31 bits per heavy atom. The lowest BCUT2D eigenvalue weighted by Gasteiger charge is -2.10. The van der Waals surface area contributed by atoms with Crippen LogP contribution in [0.25, 0.3) is 0 Å². The average Bonchev–Trinajstić information content (AvgIpc) is 2.55. The number of allylic oxidation sites excluding steroid dienone is 1. The molecule has 2 aliphatic carbocycles. The Labute approximate surface area is 78.0 Å². The van der Waals surface area contributed by atoms with Crippen LogP contribution >= 0.6 is 0 Å². The number of hydrogen-bond donors (Lipinski definition) is 0. The Morgan fingerprint density at radius 3 is 3.15 bits per heavy atom. The molecule has 0 bridgehead atoms. The largest absolute Gasteiger partial charge is 0.374 e. The molecule has 0 aromatic heterocycles. The topological polar surface area (TPSA) is 26.3 Å². The first-order chi connectivity index (χ1) is 6.36. The number of carbonyl (C=O) groups excluding carboxylic acids is 1. The van der Waals surface area contributed by atoms with Gasteiger partial charge in [-0.2, -0.15) is 0 Å². The Kier molecular flexibility index (Phi) is 1.59. The normalized spacial score (nSPS) is 38.0. The van der Waals surface area contributed by atoms with Gasteiger partial charge in [0.15, 0.2) is 5.78 Å². The molecule has 3 rings (SSSR count). The minimum Gasteiger partial charge on any atom is -0.374 e. The second-order valence-corrected chi connectivity index (χ2v) is 4.30. The van der Waals surface area contributed by atoms with E-state index in [4.69, 9.17) is 4.74 Å². The van der Waals surface area contributed by atoms with Gasteiger partial charge in [0.1, 0.15) is 0 Å². The molecular formula is C11H14O2. The summed E-state index contributed by atoms with van der Waals surface area (Å²) in [6.07, 6.45) is 5.43. The van der Waals surface area contributed by atoms with E-state index in [-0.39, 0.29) is 0 Å². The molecule has 1 unspecified atom stereocenters. The molecule has 0 N–H and O–H groups in total. The predicted molar refractivity (Wildman–Crippen MR) is 48.3 cm³/mol. The number of Topliss-reactive ketones (excluding diaryl/α,β-unsaturated/α-hetero) is 1. The maximum atomic E-state index is 11.6. The van der Waals surface area contributed by atoms with Crippen LogP contribution in [0, 0.1) is 5.92 Å². The van der Waals surface area contributed by atoms with Crippen LogP contribution in [0.15, 0.2) is 11.1 Å². The van der Waals surface area contributed by atoms with Crippen molar-refractivity contribution in [1.82, 2.24) is 0 Å². The molecular weight excluding hydrogens is 164 g/mol. The quantitative estimate of drug-likeness (QED) is 0.565. The standard InChI is InChI=1S/C11H14O2/c12-9-6-7-3-4-10-11(7)8(9)2-1-5-13-10/h7,10H,1-6H2/t7-,10?/m1/s1. The Morgan fingerprint density at radius 2 is 2.23 bits per heavy atom. The van der Waals surface area contributed by atoms with E-state index >= 15 is 0 Å². The summed E-state index contributed by atoms with van der Waals surface area (Å²) in [6, 6.07) is 0. The minimum absolute atomic E-state index is 0.314. The van der Waals surface area contributed by atoms with E-state index in [1.54, 1.807) is 0 Å². The second-order valence-electron chi connectivity index (χ2n) is 4.30. The lowest BCUT2D eigenvalue weighted by atomic mass is 10.0. The zero-order valence-corrected chi connectivity index (χ0v) is 7.71. The van der Waals surface area contributed by atoms with Gasteiger partial charge in [0.25, 0.3) is 0 Å². The summed E-state index contributed by atoms with van der Waals surface area (Å²) < 4.78 is 5.75. The summed E-state index contributed by atoms with van der Waals surface area (Å²) >= 11 is 0. The van der Waals surface area contributed by atoms with E-state index in [9.17, 15) is 4.79 Å². The smallest absolute Gasteiger partial charge is 0.159 e. The van der Waals surface area contributed by atoms with Gasteiger partial charge in [-0.3, -0.25) is 4.79 Å². The molecule has 13 heavy (non-hydrogen) atoms. The van der Waals surface area contributed by atoms with Gasteiger partial charge in [-0.05, 0) is 42.7 Å². The highest BCUT2D eigenvalue weighted by Gasteiger charge is 2.41. The summed E-state index contributed by atoms with van der Waals surface area (Å²) in [5, 5.41) is 0. The van der Waals surface area contributed by atoms with E-state index in [1.807, 2.05) is 0 Å². The van der Waals surface area contributed by atoms with Crippen molar-refractivity contribution in [1.29, 1.82) is 0 Å². The van der Waals surface area contributed by atoms with Crippen molar-refractivity contribution < 1.29 is 9.53 Å². The molecule has 0 amide bonds. The summed E-state index contributed by atoms with van der Waals surface area (Å²) in [7, 11) is 0. The Balaban J connectivity index is 2.05. The van der Waals surface area contributed by atoms with E-state index in [1.165, 1.54) is 12.0 Å². The molecule has 70 valence electrons. The highest BCUT2D eigenvalue weighted by molar-refractivity contribution is 5.99. The first-order valence-electron chi connectivity index (χ1n) is 5.24. The molecule has 2 heteroatoms. The summed E-state index contributed by atoms with van der Waals surface area (Å²) in [5.74, 6) is 0.973. The fourth-order valence-electron chi connectivity index (χ4n) is 3.02. The molecule has 0 aromatic carbocycles. The van der Waals surface area contributed by atoms with Crippen LogP contribution in [0.3, 0.4) is 0 Å². The summed E-state index contributed by atoms with van der Waals surface area (Å²) in [6.45, 7) is 0.845. The molecule has 0 aromatic rings. The third kappa shape index (κ3) is 1.01. The number of ether oxygens (including phenoxy) is 1. The molecule has 2 atom stereocenters. The third-order valence-corrected chi connectivity index (χ3v) is 3.57. The van der Waals surface area contributed by atoms with Crippen molar-refractivity contribution in [3.8, 4) is 0 Å². The van der Waals surface area contributed by atoms with E-state index in [0.717, 1.165) is 37.9 Å². The van der Waals surface area contributed by atoms with Crippen LogP contribution < -0.4 is 0 Å². The Hall–Kier alpha value is -0.630. The SMILES string of the molecule is O=C1C[C@H]2CCC3OCCCC1=C32. The van der Waals surface area contributed by atoms with Crippen molar-refractivity contribution in [2.24, 2.45) is 5.92 Å². The van der Waals surface area contributed by atoms with E-state index in [2.05, 4.69) is 0 Å². The molecule has 0 saturated heterocycles. The van der Waals surface area contributed by atoms with Crippen molar-refractivity contribution >= 4 is 5.78 Å². The summed E-state index contributed by atoms with van der Waals surface area (Å²) in [5.41, 5.74) is 2.53. The van der Waals surface area contributed by atoms with Crippen molar-refractivity contribution in [3.63, 3.8) is 0 Å². The molecule has 0 spiro atoms. The van der Waals surface area contributed by atoms with Crippen LogP contribution in [-0.4, -0.2) is 18.5 Å². The van der Waals surface area contributed by atoms with Gasteiger partial charge in [0, 0.05) is 13.0 Å². The number of carbonyl (C=O) groups is 1. The zero-order valence-electron chi connectivity index (χ0n) is 7.71. The van der Waals surface area contributed by atoms with Gasteiger partial charge in [0.05, 0.1) is 6.10 Å². The molecule has 0 radical (unpaired) electrons. The van der Waals surface area contributed by atoms with Crippen molar-refractivity contribution in [2.45, 2.75) is 38.2 Å². The van der Waals surface area contributed by atoms with Crippen LogP contribution in [0.2, 0.25) is 0 Å². The minimum atomic E-state index is 0.314. The predicted octanol–water partition coefficient (Wildman–Crippen LogP) is 1.84. The maximum absolute atomic E-state index is 11.6. The molecule has 2 nitrogen and oxygen atoms in total. The molecule has 1 heterocycles. The van der Waals surface area contributed by atoms with Crippen LogP contribution in [0.1, 0.15) is 32.1 Å². The van der Waals surface area contributed by atoms with E-state index < -0.39 is 0 Å². The molecule has 1 fully saturated rings. The number of ketones is 1. The summed E-state index contributed by atoms with van der Waals surface area (Å²) in [4.78, 5) is 11.6. The maximum Gasteiger partial charge on any atom is 0.159 e. The first kappa shape index (κ1) is 7.74. The fourth-order valence-corrected chi connectivity index (χ4v) is 3.02. The highest BCUT2D eigenvalue weighted by atomic mass is 16.5. The second kappa shape index (κ2) is 2.68. The van der Waals surface area contributed by atoms with Gasteiger partial charge in [-0.15, -0.1) is 0 Å². The zero-order chi connectivity index (χ0) is 8.84. The monoisotopic (exact) mass is 178 g/mol. The molecule has 3 aliphatic rings. The van der Waals surface area contributed by atoms with E-state index in [0.29, 0.717) is 17.8 Å². The highest BCUT2D eigenvalue weighted by Crippen LogP contribution is 2.45. The van der Waals surface area contributed by atoms with Gasteiger partial charge in [0.2, 0.25) is 0 Å². The van der Waals surface area contributed by atoms with Crippen LogP contribution in [-0.2, 0) is 9.53 Å².